The van der Waals surface area contributed by atoms with Gasteiger partial charge in [-0.2, -0.15) is 0 Å². The molecule has 0 aliphatic heterocycles. The van der Waals surface area contributed by atoms with Crippen LogP contribution in [0.2, 0.25) is 10.0 Å². The summed E-state index contributed by atoms with van der Waals surface area (Å²) in [5.74, 6) is -0.458. The van der Waals surface area contributed by atoms with Gasteiger partial charge in [0, 0.05) is 10.0 Å². The molecule has 0 saturated carbocycles. The minimum Gasteiger partial charge on any atom is -0.369 e. The number of aromatic nitrogens is 2. The minimum atomic E-state index is -0.503. The topological polar surface area (TPSA) is 78.0 Å². The molecular weight excluding hydrogens is 393 g/mol. The molecule has 2 aromatic carbocycles. The summed E-state index contributed by atoms with van der Waals surface area (Å²) < 4.78 is 1.46. The van der Waals surface area contributed by atoms with Gasteiger partial charge in [-0.15, -0.1) is 0 Å². The van der Waals surface area contributed by atoms with Crippen LogP contribution in [0.4, 0.5) is 0 Å². The summed E-state index contributed by atoms with van der Waals surface area (Å²) in [6.45, 7) is 1.85. The number of hydrogen-bond acceptors (Lipinski definition) is 4. The number of carbonyl (C=O) groups excluding carboxylic acids is 1. The highest BCUT2D eigenvalue weighted by molar-refractivity contribution is 8.00. The molecule has 0 radical (unpaired) electrons. The molecule has 26 heavy (non-hydrogen) atoms. The molecule has 1 aromatic heterocycles. The third kappa shape index (κ3) is 3.72. The number of carbonyl (C=O) groups is 1. The van der Waals surface area contributed by atoms with E-state index in [1.807, 2.05) is 6.92 Å². The van der Waals surface area contributed by atoms with Gasteiger partial charge in [0.25, 0.3) is 5.56 Å². The number of benzene rings is 2. The van der Waals surface area contributed by atoms with Gasteiger partial charge in [0.1, 0.15) is 0 Å². The Morgan fingerprint density at radius 1 is 1.19 bits per heavy atom. The van der Waals surface area contributed by atoms with Crippen molar-refractivity contribution in [3.05, 3.63) is 62.9 Å². The van der Waals surface area contributed by atoms with Crippen LogP contribution >= 0.6 is 35.0 Å². The fourth-order valence-corrected chi connectivity index (χ4v) is 3.78. The minimum absolute atomic E-state index is 0.254. The maximum Gasteiger partial charge on any atom is 0.266 e. The van der Waals surface area contributed by atoms with E-state index in [0.29, 0.717) is 38.2 Å². The molecule has 1 heterocycles. The average Bonchev–Trinajstić information content (AvgIpc) is 2.60. The van der Waals surface area contributed by atoms with E-state index in [9.17, 15) is 9.59 Å². The van der Waals surface area contributed by atoms with Crippen molar-refractivity contribution in [3.63, 3.8) is 0 Å². The van der Waals surface area contributed by atoms with Crippen molar-refractivity contribution >= 4 is 51.8 Å². The van der Waals surface area contributed by atoms with Crippen molar-refractivity contribution in [1.82, 2.24) is 9.55 Å². The van der Waals surface area contributed by atoms with E-state index in [-0.39, 0.29) is 5.56 Å². The van der Waals surface area contributed by atoms with E-state index in [4.69, 9.17) is 28.9 Å². The summed E-state index contributed by atoms with van der Waals surface area (Å²) in [5, 5.41) is 1.34. The zero-order chi connectivity index (χ0) is 18.8. The molecule has 0 fully saturated rings. The van der Waals surface area contributed by atoms with Crippen molar-refractivity contribution in [3.8, 4) is 5.69 Å². The fourth-order valence-electron chi connectivity index (χ4n) is 2.51. The Bertz CT molecular complexity index is 1040. The monoisotopic (exact) mass is 407 g/mol. The highest BCUT2D eigenvalue weighted by atomic mass is 35.5. The Kier molecular flexibility index (Phi) is 5.55. The summed E-state index contributed by atoms with van der Waals surface area (Å²) in [7, 11) is 0. The molecule has 3 rings (SSSR count). The van der Waals surface area contributed by atoms with E-state index in [2.05, 4.69) is 4.98 Å². The van der Waals surface area contributed by atoms with E-state index >= 15 is 0 Å². The number of thioether (sulfide) groups is 1. The second-order valence-electron chi connectivity index (χ2n) is 5.59. The Labute approximate surface area is 164 Å². The van der Waals surface area contributed by atoms with E-state index < -0.39 is 11.2 Å². The fraction of sp³-hybridized carbons (Fsp3) is 0.167. The van der Waals surface area contributed by atoms with Crippen LogP contribution in [0.15, 0.2) is 52.4 Å². The molecular formula is C18H15Cl2N3O2S. The van der Waals surface area contributed by atoms with Crippen LogP contribution in [0.25, 0.3) is 16.6 Å². The maximum atomic E-state index is 13.1. The van der Waals surface area contributed by atoms with Crippen LogP contribution in [-0.4, -0.2) is 20.7 Å². The molecule has 134 valence electrons. The van der Waals surface area contributed by atoms with Gasteiger partial charge < -0.3 is 5.73 Å². The summed E-state index contributed by atoms with van der Waals surface area (Å²) >= 11 is 13.2. The molecule has 8 heteroatoms. The molecule has 0 spiro atoms. The number of nitrogens with zero attached hydrogens (tertiary/aromatic N) is 2. The van der Waals surface area contributed by atoms with Crippen LogP contribution in [0.3, 0.4) is 0 Å². The smallest absolute Gasteiger partial charge is 0.266 e. The lowest BCUT2D eigenvalue weighted by atomic mass is 10.2. The molecule has 5 nitrogen and oxygen atoms in total. The van der Waals surface area contributed by atoms with Crippen LogP contribution in [0, 0.1) is 0 Å². The predicted octanol–water partition coefficient (Wildman–Crippen LogP) is 4.05. The Morgan fingerprint density at radius 3 is 2.46 bits per heavy atom. The van der Waals surface area contributed by atoms with Crippen molar-refractivity contribution in [2.45, 2.75) is 23.8 Å². The van der Waals surface area contributed by atoms with Crippen molar-refractivity contribution in [2.24, 2.45) is 5.73 Å². The SMILES string of the molecule is CCC(Sc1nc2cc(Cl)ccc2c(=O)n1-c1ccc(Cl)cc1)C(N)=O. The van der Waals surface area contributed by atoms with Crippen molar-refractivity contribution in [2.75, 3.05) is 0 Å². The number of hydrogen-bond donors (Lipinski definition) is 1. The standard InChI is InChI=1S/C18H15Cl2N3O2S/c1-2-15(16(21)24)26-18-22-14-9-11(20)5-8-13(14)17(25)23(18)12-6-3-10(19)4-7-12/h3-9,15H,2H2,1H3,(H2,21,24). The van der Waals surface area contributed by atoms with E-state index in [0.717, 1.165) is 11.8 Å². The highest BCUT2D eigenvalue weighted by Crippen LogP contribution is 2.27. The zero-order valence-electron chi connectivity index (χ0n) is 13.8. The largest absolute Gasteiger partial charge is 0.369 e. The third-order valence-electron chi connectivity index (χ3n) is 3.82. The lowest BCUT2D eigenvalue weighted by Gasteiger charge is -2.16. The molecule has 0 saturated heterocycles. The number of rotatable bonds is 5. The van der Waals surface area contributed by atoms with Crippen LogP contribution in [0.5, 0.6) is 0 Å². The Hall–Kier alpha value is -2.02. The van der Waals surface area contributed by atoms with Crippen LogP contribution < -0.4 is 11.3 Å². The first-order chi connectivity index (χ1) is 12.4. The average molecular weight is 408 g/mol. The van der Waals surface area contributed by atoms with Gasteiger partial charge in [0.05, 0.1) is 21.8 Å². The van der Waals surface area contributed by atoms with Gasteiger partial charge in [-0.05, 0) is 48.9 Å². The lowest BCUT2D eigenvalue weighted by molar-refractivity contribution is -0.117. The Balaban J connectivity index is 2.28. The molecule has 0 bridgehead atoms. The molecule has 3 aromatic rings. The molecule has 1 unspecified atom stereocenters. The molecule has 1 atom stereocenters. The number of halogens is 2. The zero-order valence-corrected chi connectivity index (χ0v) is 16.1. The second kappa shape index (κ2) is 7.70. The van der Waals surface area contributed by atoms with Crippen LogP contribution in [0.1, 0.15) is 13.3 Å². The predicted molar refractivity (Wildman–Crippen MR) is 106 cm³/mol. The lowest BCUT2D eigenvalue weighted by Crippen LogP contribution is -2.28. The van der Waals surface area contributed by atoms with Gasteiger partial charge in [-0.3, -0.25) is 14.2 Å². The molecule has 0 aliphatic rings. The third-order valence-corrected chi connectivity index (χ3v) is 5.64. The second-order valence-corrected chi connectivity index (χ2v) is 7.63. The summed E-state index contributed by atoms with van der Waals surface area (Å²) in [6, 6.07) is 11.7. The summed E-state index contributed by atoms with van der Waals surface area (Å²) in [4.78, 5) is 29.3. The number of primary amides is 1. The van der Waals surface area contributed by atoms with Crippen molar-refractivity contribution in [1.29, 1.82) is 0 Å². The normalized spacial score (nSPS) is 12.3. The first kappa shape index (κ1) is 18.8. The Morgan fingerprint density at radius 2 is 1.85 bits per heavy atom. The molecule has 1 amide bonds. The van der Waals surface area contributed by atoms with Gasteiger partial charge in [-0.1, -0.05) is 41.9 Å². The first-order valence-electron chi connectivity index (χ1n) is 7.85. The maximum absolute atomic E-state index is 13.1. The number of fused-ring (bicyclic) bond motifs is 1. The van der Waals surface area contributed by atoms with E-state index in [1.165, 1.54) is 4.57 Å². The quantitative estimate of drug-likeness (QED) is 0.511. The molecule has 2 N–H and O–H groups in total. The highest BCUT2D eigenvalue weighted by Gasteiger charge is 2.20. The number of amides is 1. The van der Waals surface area contributed by atoms with Gasteiger partial charge in [0.2, 0.25) is 5.91 Å². The number of nitrogens with two attached hydrogens (primary N) is 1. The summed E-state index contributed by atoms with van der Waals surface area (Å²) in [6.07, 6.45) is 0.518. The van der Waals surface area contributed by atoms with Gasteiger partial charge in [0.15, 0.2) is 5.16 Å². The molecule has 0 aliphatic carbocycles. The van der Waals surface area contributed by atoms with Crippen LogP contribution in [-0.2, 0) is 4.79 Å². The van der Waals surface area contributed by atoms with E-state index in [1.54, 1.807) is 42.5 Å². The van der Waals surface area contributed by atoms with Gasteiger partial charge in [-0.25, -0.2) is 4.98 Å². The first-order valence-corrected chi connectivity index (χ1v) is 9.48. The summed E-state index contributed by atoms with van der Waals surface area (Å²) in [5.41, 5.74) is 6.28. The van der Waals surface area contributed by atoms with Crippen molar-refractivity contribution < 1.29 is 4.79 Å². The van der Waals surface area contributed by atoms with Gasteiger partial charge >= 0.3 is 0 Å².